The predicted molar refractivity (Wildman–Crippen MR) is 76.8 cm³/mol. The zero-order valence-corrected chi connectivity index (χ0v) is 12.5. The summed E-state index contributed by atoms with van der Waals surface area (Å²) in [6.45, 7) is 0.491. The van der Waals surface area contributed by atoms with Crippen molar-refractivity contribution in [1.82, 2.24) is 15.2 Å². The Bertz CT molecular complexity index is 592. The Morgan fingerprint density at radius 1 is 1.43 bits per heavy atom. The van der Waals surface area contributed by atoms with Gasteiger partial charge in [-0.3, -0.25) is 10.1 Å². The van der Waals surface area contributed by atoms with Crippen molar-refractivity contribution in [3.63, 3.8) is 0 Å². The summed E-state index contributed by atoms with van der Waals surface area (Å²) in [7, 11) is 0. The first kappa shape index (κ1) is 17.0. The van der Waals surface area contributed by atoms with Crippen LogP contribution in [0.1, 0.15) is 18.5 Å². The summed E-state index contributed by atoms with van der Waals surface area (Å²) in [6.07, 6.45) is -3.75. The van der Waals surface area contributed by atoms with E-state index in [-0.39, 0.29) is 6.54 Å². The minimum Gasteiger partial charge on any atom is -0.332 e. The Labute approximate surface area is 131 Å². The number of hydrogen-bond acceptors (Lipinski definition) is 3. The molecule has 9 heteroatoms. The molecular formula is C14H17F3N4O2. The van der Waals surface area contributed by atoms with Crippen molar-refractivity contribution in [1.29, 1.82) is 0 Å². The number of halogens is 3. The van der Waals surface area contributed by atoms with E-state index in [9.17, 15) is 22.8 Å². The number of urea groups is 1. The van der Waals surface area contributed by atoms with E-state index in [4.69, 9.17) is 0 Å². The van der Waals surface area contributed by atoms with E-state index >= 15 is 0 Å². The summed E-state index contributed by atoms with van der Waals surface area (Å²) in [5, 5.41) is 4.86. The molecule has 1 aliphatic heterocycles. The van der Waals surface area contributed by atoms with Crippen LogP contribution in [-0.4, -0.2) is 47.1 Å². The molecule has 2 heterocycles. The maximum Gasteiger partial charge on any atom is 0.406 e. The van der Waals surface area contributed by atoms with Crippen molar-refractivity contribution < 1.29 is 22.8 Å². The van der Waals surface area contributed by atoms with E-state index in [2.05, 4.69) is 15.6 Å². The Morgan fingerprint density at radius 3 is 2.83 bits per heavy atom. The fraction of sp³-hybridized carbons (Fsp3) is 0.500. The Kier molecular flexibility index (Phi) is 5.07. The molecule has 3 amide bonds. The van der Waals surface area contributed by atoms with Gasteiger partial charge in [-0.05, 0) is 31.9 Å². The van der Waals surface area contributed by atoms with Crippen LogP contribution in [0.2, 0.25) is 0 Å². The largest absolute Gasteiger partial charge is 0.406 e. The number of anilines is 1. The van der Waals surface area contributed by atoms with E-state index in [1.165, 1.54) is 0 Å². The molecule has 0 saturated carbocycles. The lowest BCUT2D eigenvalue weighted by Gasteiger charge is -2.33. The van der Waals surface area contributed by atoms with Crippen LogP contribution in [0, 0.1) is 6.92 Å². The Hall–Kier alpha value is -2.32. The van der Waals surface area contributed by atoms with Gasteiger partial charge in [0.25, 0.3) is 0 Å². The van der Waals surface area contributed by atoms with Crippen molar-refractivity contribution >= 4 is 17.8 Å². The molecular weight excluding hydrogens is 313 g/mol. The third kappa shape index (κ3) is 5.11. The van der Waals surface area contributed by atoms with E-state index in [0.717, 1.165) is 4.90 Å². The van der Waals surface area contributed by atoms with Crippen LogP contribution < -0.4 is 10.6 Å². The van der Waals surface area contributed by atoms with Crippen LogP contribution in [0.5, 0.6) is 0 Å². The number of aryl methyl sites for hydroxylation is 1. The van der Waals surface area contributed by atoms with Crippen LogP contribution in [0.3, 0.4) is 0 Å². The lowest BCUT2D eigenvalue weighted by atomic mass is 10.0. The van der Waals surface area contributed by atoms with Gasteiger partial charge in [0, 0.05) is 12.2 Å². The molecule has 0 bridgehead atoms. The number of nitrogens with one attached hydrogen (secondary N) is 2. The zero-order valence-electron chi connectivity index (χ0n) is 12.5. The number of rotatable bonds is 3. The van der Waals surface area contributed by atoms with Gasteiger partial charge in [0.05, 0.1) is 0 Å². The molecule has 0 radical (unpaired) electrons. The summed E-state index contributed by atoms with van der Waals surface area (Å²) in [5.74, 6) is -0.418. The maximum absolute atomic E-state index is 12.4. The highest BCUT2D eigenvalue weighted by molar-refractivity contribution is 5.93. The van der Waals surface area contributed by atoms with Crippen LogP contribution in [0.4, 0.5) is 23.8 Å². The Balaban J connectivity index is 1.93. The van der Waals surface area contributed by atoms with Crippen molar-refractivity contribution in [2.24, 2.45) is 0 Å². The Morgan fingerprint density at radius 2 is 2.17 bits per heavy atom. The molecule has 23 heavy (non-hydrogen) atoms. The quantitative estimate of drug-likeness (QED) is 0.891. The van der Waals surface area contributed by atoms with Crippen molar-refractivity contribution in [2.75, 3.05) is 18.4 Å². The first-order chi connectivity index (χ1) is 10.7. The fourth-order valence-electron chi connectivity index (χ4n) is 2.37. The number of aromatic nitrogens is 1. The number of amides is 3. The standard InChI is InChI=1S/C14H17F3N4O2/c1-9-4-2-6-11(18-9)20-13(23)19-10-5-3-7-21(12(10)22)8-14(15,16)17/h2,4,6,10H,3,5,7-8H2,1H3,(H2,18,19,20,23). The SMILES string of the molecule is Cc1cccc(NC(=O)NC2CCCN(CC(F)(F)F)C2=O)n1. The molecule has 1 unspecified atom stereocenters. The number of piperidine rings is 1. The van der Waals surface area contributed by atoms with E-state index in [1.54, 1.807) is 25.1 Å². The second kappa shape index (κ2) is 6.84. The highest BCUT2D eigenvalue weighted by atomic mass is 19.4. The number of carbonyl (C=O) groups is 2. The first-order valence-electron chi connectivity index (χ1n) is 7.11. The molecule has 0 aliphatic carbocycles. The molecule has 1 saturated heterocycles. The monoisotopic (exact) mass is 330 g/mol. The fourth-order valence-corrected chi connectivity index (χ4v) is 2.37. The minimum absolute atomic E-state index is 0.0393. The van der Waals surface area contributed by atoms with E-state index < -0.39 is 30.7 Å². The van der Waals surface area contributed by atoms with Gasteiger partial charge in [-0.15, -0.1) is 0 Å². The molecule has 2 rings (SSSR count). The van der Waals surface area contributed by atoms with Gasteiger partial charge >= 0.3 is 12.2 Å². The summed E-state index contributed by atoms with van der Waals surface area (Å²) in [6, 6.07) is 3.40. The molecule has 0 aromatic carbocycles. The van der Waals surface area contributed by atoms with E-state index in [1.807, 2.05) is 0 Å². The third-order valence-corrected chi connectivity index (χ3v) is 3.34. The molecule has 1 aromatic rings. The topological polar surface area (TPSA) is 74.3 Å². The van der Waals surface area contributed by atoms with Crippen LogP contribution in [0.25, 0.3) is 0 Å². The predicted octanol–water partition coefficient (Wildman–Crippen LogP) is 2.06. The number of pyridine rings is 1. The highest BCUT2D eigenvalue weighted by Gasteiger charge is 2.37. The average molecular weight is 330 g/mol. The molecule has 2 N–H and O–H groups in total. The average Bonchev–Trinajstić information content (AvgIpc) is 2.42. The van der Waals surface area contributed by atoms with Crippen molar-refractivity contribution in [3.8, 4) is 0 Å². The van der Waals surface area contributed by atoms with Gasteiger partial charge in [0.1, 0.15) is 18.4 Å². The van der Waals surface area contributed by atoms with Gasteiger partial charge in [0.2, 0.25) is 5.91 Å². The summed E-state index contributed by atoms with van der Waals surface area (Å²) in [4.78, 5) is 28.7. The highest BCUT2D eigenvalue weighted by Crippen LogP contribution is 2.20. The summed E-state index contributed by atoms with van der Waals surface area (Å²) < 4.78 is 37.3. The van der Waals surface area contributed by atoms with Gasteiger partial charge in [0.15, 0.2) is 0 Å². The lowest BCUT2D eigenvalue weighted by Crippen LogP contribution is -2.54. The van der Waals surface area contributed by atoms with Gasteiger partial charge in [-0.1, -0.05) is 6.07 Å². The number of hydrogen-bond donors (Lipinski definition) is 2. The first-order valence-corrected chi connectivity index (χ1v) is 7.11. The maximum atomic E-state index is 12.4. The van der Waals surface area contributed by atoms with Crippen molar-refractivity contribution in [3.05, 3.63) is 23.9 Å². The summed E-state index contributed by atoms with van der Waals surface area (Å²) in [5.41, 5.74) is 0.702. The van der Waals surface area contributed by atoms with Gasteiger partial charge in [-0.2, -0.15) is 13.2 Å². The normalized spacial score (nSPS) is 18.7. The smallest absolute Gasteiger partial charge is 0.332 e. The van der Waals surface area contributed by atoms with Crippen LogP contribution in [0.15, 0.2) is 18.2 Å². The number of nitrogens with zero attached hydrogens (tertiary/aromatic N) is 2. The van der Waals surface area contributed by atoms with Crippen LogP contribution in [-0.2, 0) is 4.79 Å². The minimum atomic E-state index is -4.45. The zero-order chi connectivity index (χ0) is 17.0. The second-order valence-corrected chi connectivity index (χ2v) is 5.33. The molecule has 1 aliphatic rings. The molecule has 1 atom stereocenters. The van der Waals surface area contributed by atoms with Crippen molar-refractivity contribution in [2.45, 2.75) is 32.0 Å². The molecule has 126 valence electrons. The number of carbonyl (C=O) groups excluding carboxylic acids is 2. The summed E-state index contributed by atoms with van der Waals surface area (Å²) >= 11 is 0. The number of likely N-dealkylation sites (tertiary alicyclic amines) is 1. The van der Waals surface area contributed by atoms with Gasteiger partial charge < -0.3 is 10.2 Å². The molecule has 1 aromatic heterocycles. The third-order valence-electron chi connectivity index (χ3n) is 3.34. The molecule has 0 spiro atoms. The molecule has 6 nitrogen and oxygen atoms in total. The second-order valence-electron chi connectivity index (χ2n) is 5.33. The molecule has 1 fully saturated rings. The number of alkyl halides is 3. The van der Waals surface area contributed by atoms with Gasteiger partial charge in [-0.25, -0.2) is 9.78 Å². The van der Waals surface area contributed by atoms with Crippen LogP contribution >= 0.6 is 0 Å². The lowest BCUT2D eigenvalue weighted by molar-refractivity contribution is -0.164. The van der Waals surface area contributed by atoms with E-state index in [0.29, 0.717) is 24.4 Å².